The predicted molar refractivity (Wildman–Crippen MR) is 99.6 cm³/mol. The number of hydrogen-bond acceptors (Lipinski definition) is 5. The molecule has 1 aliphatic heterocycles. The average Bonchev–Trinajstić information content (AvgIpc) is 3.32. The molecule has 1 aromatic carbocycles. The fraction of sp³-hybridized carbons (Fsp3) is 0.619. The molecule has 1 heterocycles. The molecule has 2 aliphatic rings. The third-order valence-corrected chi connectivity index (χ3v) is 6.12. The summed E-state index contributed by atoms with van der Waals surface area (Å²) in [6.07, 6.45) is 4.05. The number of quaternary nitrogens is 1. The molecular weight excluding hydrogens is 346 g/mol. The second-order valence-electron chi connectivity index (χ2n) is 8.19. The van der Waals surface area contributed by atoms with Crippen LogP contribution in [-0.2, 0) is 24.7 Å². The summed E-state index contributed by atoms with van der Waals surface area (Å²) in [5.74, 6) is -0.946. The first-order valence-corrected chi connectivity index (χ1v) is 9.77. The number of rotatable bonds is 6. The van der Waals surface area contributed by atoms with Gasteiger partial charge in [0.25, 0.3) is 0 Å². The molecule has 0 spiro atoms. The number of carbonyl (C=O) groups excluding carboxylic acids is 2. The van der Waals surface area contributed by atoms with Gasteiger partial charge in [-0.2, -0.15) is 0 Å². The van der Waals surface area contributed by atoms with Crippen molar-refractivity contribution >= 4 is 11.9 Å². The largest absolute Gasteiger partial charge is 0.465 e. The van der Waals surface area contributed by atoms with E-state index in [1.807, 2.05) is 25.2 Å². The van der Waals surface area contributed by atoms with Crippen LogP contribution >= 0.6 is 0 Å². The number of ether oxygens (including phenoxy) is 2. The van der Waals surface area contributed by atoms with Gasteiger partial charge < -0.3 is 19.1 Å². The minimum absolute atomic E-state index is 0.121. The standard InChI is InChI=1S/C21H30NO5/c1-22(15-19(23)26-2)13-12-18(14-22)27-20(24)21(25,17-10-6-7-11-17)16-8-4-3-5-9-16/h3-5,8-9,17-18,25H,6-7,10-15H2,1-2H3/q+1/t18-,21+,22-/m0/s1. The van der Waals surface area contributed by atoms with Gasteiger partial charge in [-0.05, 0) is 18.4 Å². The van der Waals surface area contributed by atoms with E-state index in [2.05, 4.69) is 0 Å². The Bertz CT molecular complexity index is 672. The SMILES string of the molecule is COC(=O)C[N@@+]1(C)CC[C@H](OC(=O)[C@@](O)(c2ccccc2)C2CCCC2)C1. The predicted octanol–water partition coefficient (Wildman–Crippen LogP) is 2.00. The van der Waals surface area contributed by atoms with Gasteiger partial charge in [-0.1, -0.05) is 43.2 Å². The van der Waals surface area contributed by atoms with Gasteiger partial charge >= 0.3 is 11.9 Å². The van der Waals surface area contributed by atoms with Crippen LogP contribution in [0.2, 0.25) is 0 Å². The van der Waals surface area contributed by atoms with Gasteiger partial charge in [0.2, 0.25) is 0 Å². The van der Waals surface area contributed by atoms with E-state index in [0.717, 1.165) is 32.2 Å². The van der Waals surface area contributed by atoms with E-state index in [1.54, 1.807) is 12.1 Å². The Morgan fingerprint density at radius 2 is 1.85 bits per heavy atom. The third-order valence-electron chi connectivity index (χ3n) is 6.12. The van der Waals surface area contributed by atoms with Gasteiger partial charge in [-0.25, -0.2) is 9.59 Å². The molecule has 2 fully saturated rings. The molecule has 0 radical (unpaired) electrons. The van der Waals surface area contributed by atoms with Crippen LogP contribution in [0.3, 0.4) is 0 Å². The van der Waals surface area contributed by atoms with Crippen molar-refractivity contribution in [3.8, 4) is 0 Å². The van der Waals surface area contributed by atoms with E-state index in [-0.39, 0.29) is 24.5 Å². The minimum Gasteiger partial charge on any atom is -0.465 e. The molecular formula is C21H30NO5+. The molecule has 6 nitrogen and oxygen atoms in total. The lowest BCUT2D eigenvalue weighted by atomic mass is 9.80. The van der Waals surface area contributed by atoms with E-state index in [4.69, 9.17) is 9.47 Å². The lowest BCUT2D eigenvalue weighted by Crippen LogP contribution is -2.48. The highest BCUT2D eigenvalue weighted by molar-refractivity contribution is 5.81. The van der Waals surface area contributed by atoms with Crippen molar-refractivity contribution < 1.29 is 28.7 Å². The first-order valence-electron chi connectivity index (χ1n) is 9.77. The highest BCUT2D eigenvalue weighted by Crippen LogP contribution is 2.42. The van der Waals surface area contributed by atoms with Gasteiger partial charge in [0.1, 0.15) is 6.54 Å². The van der Waals surface area contributed by atoms with E-state index in [0.29, 0.717) is 23.0 Å². The molecule has 0 unspecified atom stereocenters. The number of nitrogens with zero attached hydrogens (tertiary/aromatic N) is 1. The van der Waals surface area contributed by atoms with Crippen molar-refractivity contribution in [2.45, 2.75) is 43.8 Å². The summed E-state index contributed by atoms with van der Waals surface area (Å²) in [4.78, 5) is 24.8. The van der Waals surface area contributed by atoms with E-state index in [9.17, 15) is 14.7 Å². The zero-order valence-corrected chi connectivity index (χ0v) is 16.2. The molecule has 1 N–H and O–H groups in total. The highest BCUT2D eigenvalue weighted by Gasteiger charge is 2.49. The van der Waals surface area contributed by atoms with Crippen LogP contribution in [0.25, 0.3) is 0 Å². The van der Waals surface area contributed by atoms with E-state index >= 15 is 0 Å². The Morgan fingerprint density at radius 1 is 1.19 bits per heavy atom. The van der Waals surface area contributed by atoms with Crippen molar-refractivity contribution in [1.82, 2.24) is 0 Å². The number of hydrogen-bond donors (Lipinski definition) is 1. The van der Waals surface area contributed by atoms with Crippen LogP contribution < -0.4 is 0 Å². The summed E-state index contributed by atoms with van der Waals surface area (Å²) < 4.78 is 11.1. The monoisotopic (exact) mass is 376 g/mol. The Hall–Kier alpha value is -1.92. The molecule has 27 heavy (non-hydrogen) atoms. The van der Waals surface area contributed by atoms with Crippen LogP contribution in [0.15, 0.2) is 30.3 Å². The number of likely N-dealkylation sites (tertiary alicyclic amines) is 1. The second-order valence-corrected chi connectivity index (χ2v) is 8.19. The Morgan fingerprint density at radius 3 is 2.48 bits per heavy atom. The smallest absolute Gasteiger partial charge is 0.361 e. The number of benzene rings is 1. The van der Waals surface area contributed by atoms with Crippen LogP contribution in [-0.4, -0.2) is 61.4 Å². The quantitative estimate of drug-likeness (QED) is 0.607. The van der Waals surface area contributed by atoms with E-state index in [1.165, 1.54) is 7.11 Å². The average molecular weight is 376 g/mol. The molecule has 3 rings (SSSR count). The summed E-state index contributed by atoms with van der Waals surface area (Å²) in [6, 6.07) is 9.14. The number of aliphatic hydroxyl groups is 1. The molecule has 6 heteroatoms. The maximum Gasteiger partial charge on any atom is 0.361 e. The Labute approximate surface area is 160 Å². The van der Waals surface area contributed by atoms with Gasteiger partial charge in [-0.15, -0.1) is 0 Å². The minimum atomic E-state index is -1.61. The summed E-state index contributed by atoms with van der Waals surface area (Å²) in [7, 11) is 3.34. The number of likely N-dealkylation sites (N-methyl/N-ethyl adjacent to an activating group) is 1. The molecule has 1 aliphatic carbocycles. The van der Waals surface area contributed by atoms with E-state index < -0.39 is 11.6 Å². The van der Waals surface area contributed by atoms with Gasteiger partial charge in [-0.3, -0.25) is 0 Å². The number of methoxy groups -OCH3 is 1. The zero-order valence-electron chi connectivity index (χ0n) is 16.2. The first-order chi connectivity index (χ1) is 12.9. The molecule has 1 saturated heterocycles. The van der Waals surface area contributed by atoms with Gasteiger partial charge in [0, 0.05) is 12.3 Å². The molecule has 1 saturated carbocycles. The van der Waals surface area contributed by atoms with Crippen molar-refractivity contribution in [1.29, 1.82) is 0 Å². The third kappa shape index (κ3) is 4.17. The first kappa shape index (κ1) is 19.8. The Kier molecular flexibility index (Phi) is 5.86. The topological polar surface area (TPSA) is 72.8 Å². The maximum absolute atomic E-state index is 13.1. The molecule has 0 aromatic heterocycles. The van der Waals surface area contributed by atoms with Crippen molar-refractivity contribution in [2.75, 3.05) is 33.8 Å². The van der Waals surface area contributed by atoms with Crippen molar-refractivity contribution in [3.05, 3.63) is 35.9 Å². The lowest BCUT2D eigenvalue weighted by molar-refractivity contribution is -0.891. The van der Waals surface area contributed by atoms with Crippen LogP contribution in [0.1, 0.15) is 37.7 Å². The fourth-order valence-electron chi connectivity index (χ4n) is 4.54. The number of carbonyl (C=O) groups is 2. The molecule has 1 aromatic rings. The van der Waals surface area contributed by atoms with Crippen molar-refractivity contribution in [2.24, 2.45) is 5.92 Å². The molecule has 0 bridgehead atoms. The summed E-state index contributed by atoms with van der Waals surface area (Å²) in [5, 5.41) is 11.5. The zero-order chi connectivity index (χ0) is 19.5. The maximum atomic E-state index is 13.1. The molecule has 3 atom stereocenters. The summed E-state index contributed by atoms with van der Waals surface area (Å²) in [6.45, 7) is 1.55. The van der Waals surface area contributed by atoms with Crippen LogP contribution in [0.5, 0.6) is 0 Å². The normalized spacial score (nSPS) is 27.9. The highest BCUT2D eigenvalue weighted by atomic mass is 16.6. The van der Waals surface area contributed by atoms with Gasteiger partial charge in [0.05, 0.1) is 20.7 Å². The number of esters is 2. The molecule has 148 valence electrons. The van der Waals surface area contributed by atoms with Crippen LogP contribution in [0.4, 0.5) is 0 Å². The Balaban J connectivity index is 1.73. The fourth-order valence-corrected chi connectivity index (χ4v) is 4.54. The van der Waals surface area contributed by atoms with Gasteiger partial charge in [0.15, 0.2) is 18.2 Å². The van der Waals surface area contributed by atoms with Crippen LogP contribution in [0, 0.1) is 5.92 Å². The lowest BCUT2D eigenvalue weighted by Gasteiger charge is -2.33. The summed E-state index contributed by atoms with van der Waals surface area (Å²) in [5.41, 5.74) is -1.00. The second kappa shape index (κ2) is 7.98. The summed E-state index contributed by atoms with van der Waals surface area (Å²) >= 11 is 0. The molecule has 0 amide bonds. The van der Waals surface area contributed by atoms with Crippen molar-refractivity contribution in [3.63, 3.8) is 0 Å².